The van der Waals surface area contributed by atoms with E-state index in [1.165, 1.54) is 6.92 Å². The van der Waals surface area contributed by atoms with E-state index in [1.807, 2.05) is 0 Å². The topological polar surface area (TPSA) is 141 Å². The van der Waals surface area contributed by atoms with E-state index < -0.39 is 31.6 Å². The molecule has 4 atom stereocenters. The summed E-state index contributed by atoms with van der Waals surface area (Å²) in [5, 5.41) is 26.8. The van der Waals surface area contributed by atoms with E-state index in [4.69, 9.17) is 15.3 Å². The average molecular weight is 272 g/mol. The molecule has 0 saturated heterocycles. The van der Waals surface area contributed by atoms with Crippen LogP contribution in [0.25, 0.3) is 0 Å². The third-order valence-corrected chi connectivity index (χ3v) is 2.69. The van der Waals surface area contributed by atoms with Crippen molar-refractivity contribution >= 4 is 13.9 Å². The Hall–Kier alpha value is 1.70. The standard InChI is InChI=1S/C6H13O7P.2Na/c1-3(2-7)4(8)5(9)6(10)14(11,12)13;;/h2-6,8-10H,1H3,(H2,11,12,13);;/q;2*+1/p-2. The quantitative estimate of drug-likeness (QED) is 0.256. The Morgan fingerprint density at radius 1 is 1.12 bits per heavy atom. The maximum atomic E-state index is 10.3. The van der Waals surface area contributed by atoms with Crippen LogP contribution in [-0.2, 0) is 9.36 Å². The van der Waals surface area contributed by atoms with Crippen LogP contribution < -0.4 is 68.9 Å². The number of rotatable bonds is 5. The van der Waals surface area contributed by atoms with Crippen molar-refractivity contribution in [2.24, 2.45) is 5.92 Å². The van der Waals surface area contributed by atoms with Crippen molar-refractivity contribution in [2.75, 3.05) is 0 Å². The molecule has 3 N–H and O–H groups in total. The Kier molecular flexibility index (Phi) is 13.7. The number of hydrogen-bond acceptors (Lipinski definition) is 7. The van der Waals surface area contributed by atoms with Gasteiger partial charge in [-0.15, -0.1) is 0 Å². The molecule has 4 unspecified atom stereocenters. The summed E-state index contributed by atoms with van der Waals surface area (Å²) in [7, 11) is -5.39. The molecule has 0 aromatic heterocycles. The third-order valence-electron chi connectivity index (χ3n) is 1.73. The zero-order chi connectivity index (χ0) is 11.5. The van der Waals surface area contributed by atoms with Gasteiger partial charge in [0.05, 0.1) is 6.10 Å². The molecule has 16 heavy (non-hydrogen) atoms. The largest absolute Gasteiger partial charge is 1.00 e. The van der Waals surface area contributed by atoms with Gasteiger partial charge in [0.25, 0.3) is 0 Å². The van der Waals surface area contributed by atoms with Gasteiger partial charge in [-0.25, -0.2) is 0 Å². The van der Waals surface area contributed by atoms with E-state index in [9.17, 15) is 19.1 Å². The van der Waals surface area contributed by atoms with Gasteiger partial charge in [-0.1, -0.05) is 6.92 Å². The fraction of sp³-hybridized carbons (Fsp3) is 0.833. The van der Waals surface area contributed by atoms with Gasteiger partial charge in [-0.2, -0.15) is 0 Å². The van der Waals surface area contributed by atoms with Gasteiger partial charge in [-0.3, -0.25) is 0 Å². The first kappa shape index (κ1) is 22.8. The summed E-state index contributed by atoms with van der Waals surface area (Å²) in [6, 6.07) is 0. The predicted octanol–water partition coefficient (Wildman–Crippen LogP) is -9.22. The van der Waals surface area contributed by atoms with Gasteiger partial charge in [-0.05, 0) is 7.60 Å². The summed E-state index contributed by atoms with van der Waals surface area (Å²) in [4.78, 5) is 30.6. The average Bonchev–Trinajstić information content (AvgIpc) is 2.11. The first-order valence-electron chi connectivity index (χ1n) is 3.73. The molecule has 0 aliphatic rings. The molecule has 7 nitrogen and oxygen atoms in total. The second-order valence-corrected chi connectivity index (χ2v) is 4.54. The van der Waals surface area contributed by atoms with Gasteiger partial charge in [0.15, 0.2) is 0 Å². The normalized spacial score (nSPS) is 18.4. The molecule has 0 spiro atoms. The minimum absolute atomic E-state index is 0. The summed E-state index contributed by atoms with van der Waals surface area (Å²) in [5.41, 5.74) is 0. The first-order valence-corrected chi connectivity index (χ1v) is 5.34. The third kappa shape index (κ3) is 7.20. The first-order chi connectivity index (χ1) is 6.21. The van der Waals surface area contributed by atoms with E-state index in [-0.39, 0.29) is 65.4 Å². The molecule has 0 bridgehead atoms. The van der Waals surface area contributed by atoms with E-state index in [0.29, 0.717) is 0 Å². The van der Waals surface area contributed by atoms with Gasteiger partial charge in [0.1, 0.15) is 18.2 Å². The van der Waals surface area contributed by atoms with Crippen LogP contribution in [0.1, 0.15) is 6.92 Å². The number of carbonyl (C=O) groups excluding carboxylic acids is 1. The van der Waals surface area contributed by atoms with Gasteiger partial charge >= 0.3 is 59.1 Å². The number of aldehydes is 1. The van der Waals surface area contributed by atoms with Crippen molar-refractivity contribution in [3.05, 3.63) is 0 Å². The van der Waals surface area contributed by atoms with Crippen molar-refractivity contribution in [3.8, 4) is 0 Å². The number of carbonyl (C=O) groups is 1. The number of aliphatic hydroxyl groups is 3. The SMILES string of the molecule is CC(C=O)C(O)C(O)C(O)P(=O)([O-])[O-].[Na+].[Na+]. The Balaban J connectivity index is -0.000000845. The summed E-state index contributed by atoms with van der Waals surface area (Å²) in [6.45, 7) is 1.20. The fourth-order valence-corrected chi connectivity index (χ4v) is 1.31. The molecule has 0 radical (unpaired) electrons. The van der Waals surface area contributed by atoms with Crippen LogP contribution >= 0.6 is 7.60 Å². The van der Waals surface area contributed by atoms with E-state index in [0.717, 1.165) is 0 Å². The molecule has 0 rings (SSSR count). The van der Waals surface area contributed by atoms with Gasteiger partial charge in [0.2, 0.25) is 0 Å². The molecular formula is C6H11Na2O7P. The molecule has 0 saturated carbocycles. The molecule has 0 amide bonds. The minimum Gasteiger partial charge on any atom is -0.809 e. The van der Waals surface area contributed by atoms with Crippen molar-refractivity contribution in [3.63, 3.8) is 0 Å². The van der Waals surface area contributed by atoms with E-state index in [2.05, 4.69) is 0 Å². The van der Waals surface area contributed by atoms with E-state index in [1.54, 1.807) is 0 Å². The monoisotopic (exact) mass is 272 g/mol. The molecule has 10 heteroatoms. The summed E-state index contributed by atoms with van der Waals surface area (Å²) >= 11 is 0. The van der Waals surface area contributed by atoms with Crippen molar-refractivity contribution in [1.82, 2.24) is 0 Å². The Bertz CT molecular complexity index is 245. The number of aliphatic hydroxyl groups excluding tert-OH is 3. The summed E-state index contributed by atoms with van der Waals surface area (Å²) < 4.78 is 10.3. The predicted molar refractivity (Wildman–Crippen MR) is 40.9 cm³/mol. The Morgan fingerprint density at radius 2 is 1.50 bits per heavy atom. The molecule has 0 heterocycles. The van der Waals surface area contributed by atoms with Crippen LogP contribution in [-0.4, -0.2) is 39.7 Å². The summed E-state index contributed by atoms with van der Waals surface area (Å²) in [6.07, 6.45) is -3.71. The second kappa shape index (κ2) is 9.61. The molecule has 0 fully saturated rings. The van der Waals surface area contributed by atoms with Crippen LogP contribution in [0, 0.1) is 5.92 Å². The van der Waals surface area contributed by atoms with Crippen LogP contribution in [0.5, 0.6) is 0 Å². The maximum Gasteiger partial charge on any atom is 1.00 e. The minimum atomic E-state index is -5.39. The van der Waals surface area contributed by atoms with Crippen LogP contribution in [0.15, 0.2) is 0 Å². The zero-order valence-corrected chi connectivity index (χ0v) is 14.2. The van der Waals surface area contributed by atoms with Crippen molar-refractivity contribution in [1.29, 1.82) is 0 Å². The van der Waals surface area contributed by atoms with Crippen LogP contribution in [0.2, 0.25) is 0 Å². The smallest absolute Gasteiger partial charge is 0.809 e. The zero-order valence-electron chi connectivity index (χ0n) is 9.31. The van der Waals surface area contributed by atoms with E-state index >= 15 is 0 Å². The molecule has 84 valence electrons. The van der Waals surface area contributed by atoms with Crippen molar-refractivity contribution < 1.29 is 93.6 Å². The van der Waals surface area contributed by atoms with Gasteiger partial charge < -0.3 is 34.5 Å². The maximum absolute atomic E-state index is 10.3. The second-order valence-electron chi connectivity index (χ2n) is 2.93. The summed E-state index contributed by atoms with van der Waals surface area (Å²) in [5.74, 6) is -3.69. The Labute approximate surface area is 137 Å². The molecule has 0 aliphatic carbocycles. The molecule has 0 aliphatic heterocycles. The van der Waals surface area contributed by atoms with Gasteiger partial charge in [0, 0.05) is 5.92 Å². The number of hydrogen-bond donors (Lipinski definition) is 3. The van der Waals surface area contributed by atoms with Crippen LogP contribution in [0.4, 0.5) is 0 Å². The molecule has 0 aromatic carbocycles. The fourth-order valence-electron chi connectivity index (χ4n) is 0.755. The molecule has 0 aromatic rings. The van der Waals surface area contributed by atoms with Crippen LogP contribution in [0.3, 0.4) is 0 Å². The molecular weight excluding hydrogens is 261 g/mol. The Morgan fingerprint density at radius 3 is 1.75 bits per heavy atom. The van der Waals surface area contributed by atoms with Crippen molar-refractivity contribution in [2.45, 2.75) is 25.0 Å².